The van der Waals surface area contributed by atoms with Crippen molar-refractivity contribution >= 4 is 56.2 Å². The van der Waals surface area contributed by atoms with Crippen LogP contribution in [0.3, 0.4) is 0 Å². The molecule has 2 aromatic heterocycles. The van der Waals surface area contributed by atoms with Crippen LogP contribution in [0, 0.1) is 0 Å². The van der Waals surface area contributed by atoms with Crippen molar-refractivity contribution in [3.8, 4) is 5.69 Å². The van der Waals surface area contributed by atoms with Crippen LogP contribution in [0.4, 0.5) is 0 Å². The Morgan fingerprint density at radius 1 is 1.03 bits per heavy atom. The fourth-order valence-electron chi connectivity index (χ4n) is 3.30. The van der Waals surface area contributed by atoms with Crippen LogP contribution in [0.2, 0.25) is 0 Å². The van der Waals surface area contributed by atoms with Crippen LogP contribution >= 0.6 is 23.1 Å². The molecule has 7 heteroatoms. The van der Waals surface area contributed by atoms with Gasteiger partial charge in [0.25, 0.3) is 5.91 Å². The Morgan fingerprint density at radius 2 is 1.87 bits per heavy atom. The molecular formula is C24H18N4OS2. The molecule has 0 radical (unpaired) electrons. The maximum Gasteiger partial charge on any atom is 0.250 e. The molecule has 5 rings (SSSR count). The molecule has 0 saturated carbocycles. The Bertz CT molecular complexity index is 1370. The number of fused-ring (bicyclic) bond motifs is 2. The molecule has 0 bridgehead atoms. The second-order valence-corrected chi connectivity index (χ2v) is 9.12. The molecule has 0 aliphatic carbocycles. The van der Waals surface area contributed by atoms with E-state index in [-0.39, 0.29) is 11.7 Å². The van der Waals surface area contributed by atoms with E-state index in [2.05, 4.69) is 45.8 Å². The van der Waals surface area contributed by atoms with Crippen molar-refractivity contribution in [1.82, 2.24) is 15.0 Å². The summed E-state index contributed by atoms with van der Waals surface area (Å²) in [5.74, 6) is 0.104. The van der Waals surface area contributed by atoms with Gasteiger partial charge in [0, 0.05) is 11.9 Å². The number of aromatic nitrogens is 2. The third kappa shape index (κ3) is 4.38. The zero-order chi connectivity index (χ0) is 21.0. The van der Waals surface area contributed by atoms with Gasteiger partial charge in [-0.25, -0.2) is 10.4 Å². The summed E-state index contributed by atoms with van der Waals surface area (Å²) in [5.41, 5.74) is 5.50. The lowest BCUT2D eigenvalue weighted by atomic mass is 10.1. The normalized spacial score (nSPS) is 11.5. The van der Waals surface area contributed by atoms with Gasteiger partial charge in [0.15, 0.2) is 4.34 Å². The minimum Gasteiger partial charge on any atom is -0.316 e. The molecule has 0 fully saturated rings. The van der Waals surface area contributed by atoms with E-state index in [1.54, 1.807) is 17.6 Å². The van der Waals surface area contributed by atoms with Gasteiger partial charge in [0.2, 0.25) is 0 Å². The first kappa shape index (κ1) is 19.5. The lowest BCUT2D eigenvalue weighted by molar-refractivity contribution is -0.118. The van der Waals surface area contributed by atoms with Crippen molar-refractivity contribution in [3.63, 3.8) is 0 Å². The third-order valence-electron chi connectivity index (χ3n) is 4.78. The predicted octanol–water partition coefficient (Wildman–Crippen LogP) is 5.48. The van der Waals surface area contributed by atoms with Crippen LogP contribution in [0.15, 0.2) is 94.5 Å². The number of carbonyl (C=O) groups is 1. The first-order valence-electron chi connectivity index (χ1n) is 9.73. The summed E-state index contributed by atoms with van der Waals surface area (Å²) in [5, 5.41) is 6.52. The van der Waals surface area contributed by atoms with Crippen molar-refractivity contribution in [2.75, 3.05) is 5.75 Å². The van der Waals surface area contributed by atoms with Crippen LogP contribution in [0.25, 0.3) is 26.7 Å². The van der Waals surface area contributed by atoms with Gasteiger partial charge in [0.05, 0.1) is 27.9 Å². The second kappa shape index (κ2) is 8.75. The topological polar surface area (TPSA) is 59.3 Å². The summed E-state index contributed by atoms with van der Waals surface area (Å²) in [6.45, 7) is 0. The Morgan fingerprint density at radius 3 is 2.77 bits per heavy atom. The van der Waals surface area contributed by atoms with E-state index in [9.17, 15) is 4.79 Å². The van der Waals surface area contributed by atoms with E-state index in [1.165, 1.54) is 22.5 Å². The van der Waals surface area contributed by atoms with Crippen molar-refractivity contribution in [3.05, 3.63) is 90.8 Å². The summed E-state index contributed by atoms with van der Waals surface area (Å²) < 4.78 is 4.04. The lowest BCUT2D eigenvalue weighted by Crippen LogP contribution is -2.19. The zero-order valence-electron chi connectivity index (χ0n) is 16.4. The molecule has 5 aromatic rings. The molecule has 0 spiro atoms. The number of benzene rings is 3. The molecule has 152 valence electrons. The van der Waals surface area contributed by atoms with Crippen molar-refractivity contribution in [1.29, 1.82) is 0 Å². The summed E-state index contributed by atoms with van der Waals surface area (Å²) in [4.78, 5) is 16.7. The molecule has 0 unspecified atom stereocenters. The number of rotatable bonds is 6. The highest BCUT2D eigenvalue weighted by molar-refractivity contribution is 8.01. The monoisotopic (exact) mass is 442 g/mol. The summed E-state index contributed by atoms with van der Waals surface area (Å²) in [7, 11) is 0. The van der Waals surface area contributed by atoms with E-state index < -0.39 is 0 Å². The van der Waals surface area contributed by atoms with E-state index in [1.807, 2.05) is 59.3 Å². The number of thioether (sulfide) groups is 1. The number of amides is 1. The van der Waals surface area contributed by atoms with Crippen LogP contribution in [0.1, 0.15) is 5.69 Å². The van der Waals surface area contributed by atoms with Crippen LogP contribution in [0.5, 0.6) is 0 Å². The average molecular weight is 443 g/mol. The first-order valence-corrected chi connectivity index (χ1v) is 11.5. The SMILES string of the molecule is O=C(CSc1nc2ccccc2s1)N/N=C\c1cccn1-c1ccc2ccccc2c1. The fourth-order valence-corrected chi connectivity index (χ4v) is 5.16. The number of carbonyl (C=O) groups excluding carboxylic acids is 1. The molecule has 1 N–H and O–H groups in total. The average Bonchev–Trinajstić information content (AvgIpc) is 3.44. The molecule has 5 nitrogen and oxygen atoms in total. The quantitative estimate of drug-likeness (QED) is 0.215. The second-order valence-electron chi connectivity index (χ2n) is 6.86. The highest BCUT2D eigenvalue weighted by atomic mass is 32.2. The minimum atomic E-state index is -0.163. The first-order chi connectivity index (χ1) is 15.3. The molecule has 2 heterocycles. The number of nitrogens with zero attached hydrogens (tertiary/aromatic N) is 3. The zero-order valence-corrected chi connectivity index (χ0v) is 18.1. The van der Waals surface area contributed by atoms with Crippen LogP contribution in [-0.2, 0) is 4.79 Å². The molecule has 0 aliphatic heterocycles. The van der Waals surface area contributed by atoms with Gasteiger partial charge in [0.1, 0.15) is 0 Å². The standard InChI is InChI=1S/C24H18N4OS2/c29-23(16-30-24-26-21-9-3-4-10-22(21)31-24)27-25-15-20-8-5-13-28(20)19-12-11-17-6-1-2-7-18(17)14-19/h1-15H,16H2,(H,27,29)/b25-15-. The molecule has 0 aliphatic rings. The Hall–Kier alpha value is -3.42. The number of thiazole rings is 1. The highest BCUT2D eigenvalue weighted by Gasteiger charge is 2.07. The van der Waals surface area contributed by atoms with Gasteiger partial charge in [-0.05, 0) is 47.2 Å². The van der Waals surface area contributed by atoms with Gasteiger partial charge < -0.3 is 4.57 Å². The number of para-hydroxylation sites is 1. The highest BCUT2D eigenvalue weighted by Crippen LogP contribution is 2.29. The van der Waals surface area contributed by atoms with E-state index in [0.29, 0.717) is 0 Å². The smallest absolute Gasteiger partial charge is 0.250 e. The number of hydrogen-bond acceptors (Lipinski definition) is 5. The van der Waals surface area contributed by atoms with Crippen molar-refractivity contribution in [2.24, 2.45) is 5.10 Å². The molecular weight excluding hydrogens is 424 g/mol. The Balaban J connectivity index is 1.22. The van der Waals surface area contributed by atoms with E-state index in [0.717, 1.165) is 25.9 Å². The van der Waals surface area contributed by atoms with Gasteiger partial charge in [-0.15, -0.1) is 11.3 Å². The van der Waals surface area contributed by atoms with Crippen LogP contribution in [-0.4, -0.2) is 27.4 Å². The third-order valence-corrected chi connectivity index (χ3v) is 6.96. The number of hydrogen-bond donors (Lipinski definition) is 1. The predicted molar refractivity (Wildman–Crippen MR) is 129 cm³/mol. The maximum absolute atomic E-state index is 12.2. The van der Waals surface area contributed by atoms with E-state index in [4.69, 9.17) is 0 Å². The molecule has 3 aromatic carbocycles. The van der Waals surface area contributed by atoms with Crippen molar-refractivity contribution in [2.45, 2.75) is 4.34 Å². The summed E-state index contributed by atoms with van der Waals surface area (Å²) >= 11 is 3.01. The van der Waals surface area contributed by atoms with Gasteiger partial charge in [-0.1, -0.05) is 54.2 Å². The Kier molecular flexibility index (Phi) is 5.52. The molecule has 31 heavy (non-hydrogen) atoms. The van der Waals surface area contributed by atoms with Crippen molar-refractivity contribution < 1.29 is 4.79 Å². The summed E-state index contributed by atoms with van der Waals surface area (Å²) in [6.07, 6.45) is 3.64. The minimum absolute atomic E-state index is 0.163. The largest absolute Gasteiger partial charge is 0.316 e. The van der Waals surface area contributed by atoms with Gasteiger partial charge >= 0.3 is 0 Å². The lowest BCUT2D eigenvalue weighted by Gasteiger charge is -2.08. The molecule has 0 atom stereocenters. The fraction of sp³-hybridized carbons (Fsp3) is 0.0417. The van der Waals surface area contributed by atoms with Gasteiger partial charge in [-0.3, -0.25) is 4.79 Å². The summed E-state index contributed by atoms with van der Waals surface area (Å²) in [6, 6.07) is 26.5. The maximum atomic E-state index is 12.2. The van der Waals surface area contributed by atoms with Crippen LogP contribution < -0.4 is 5.43 Å². The molecule has 0 saturated heterocycles. The van der Waals surface area contributed by atoms with Gasteiger partial charge in [-0.2, -0.15) is 5.10 Å². The van der Waals surface area contributed by atoms with E-state index >= 15 is 0 Å². The molecule has 1 amide bonds. The Labute approximate surface area is 187 Å². The number of nitrogens with one attached hydrogen (secondary N) is 1. The number of hydrazone groups is 1.